The van der Waals surface area contributed by atoms with Crippen molar-refractivity contribution in [2.75, 3.05) is 33.2 Å². The van der Waals surface area contributed by atoms with Crippen LogP contribution in [0.5, 0.6) is 0 Å². The minimum Gasteiger partial charge on any atom is -0.335 e. The van der Waals surface area contributed by atoms with E-state index in [-0.39, 0.29) is 5.91 Å². The summed E-state index contributed by atoms with van der Waals surface area (Å²) in [5.41, 5.74) is 3.54. The topological polar surface area (TPSA) is 40.9 Å². The molecule has 118 valence electrons. The predicted octanol–water partition coefficient (Wildman–Crippen LogP) is 2.36. The second-order valence-electron chi connectivity index (χ2n) is 5.89. The highest BCUT2D eigenvalue weighted by Gasteiger charge is 2.26. The summed E-state index contributed by atoms with van der Waals surface area (Å²) in [6, 6.07) is 2.03. The second-order valence-corrected chi connectivity index (χ2v) is 6.81. The minimum absolute atomic E-state index is 0.0925. The average Bonchev–Trinajstić information content (AvgIpc) is 2.86. The largest absolute Gasteiger partial charge is 0.335 e. The highest BCUT2D eigenvalue weighted by atomic mass is 79.9. The van der Waals surface area contributed by atoms with Crippen molar-refractivity contribution in [2.45, 2.75) is 20.3 Å². The van der Waals surface area contributed by atoms with Crippen LogP contribution in [-0.2, 0) is 6.42 Å². The number of aryl methyl sites for hydroxylation is 2. The van der Waals surface area contributed by atoms with E-state index in [0.29, 0.717) is 5.69 Å². The molecule has 0 unspecified atom stereocenters. The summed E-state index contributed by atoms with van der Waals surface area (Å²) >= 11 is 3.52. The van der Waals surface area contributed by atoms with E-state index in [9.17, 15) is 4.79 Å². The first kappa shape index (κ1) is 15.5. The molecule has 0 radical (unpaired) electrons. The summed E-state index contributed by atoms with van der Waals surface area (Å²) in [5.74, 6) is 0.0925. The third kappa shape index (κ3) is 2.65. The van der Waals surface area contributed by atoms with E-state index in [4.69, 9.17) is 0 Å². The number of hydrogen-bond acceptors (Lipinski definition) is 3. The Labute approximate surface area is 139 Å². The Hall–Kier alpha value is -1.40. The maximum absolute atomic E-state index is 13.0. The summed E-state index contributed by atoms with van der Waals surface area (Å²) in [6.07, 6.45) is 2.70. The number of carbonyl (C=O) groups excluding carboxylic acids is 1. The molecule has 3 rings (SSSR count). The smallest absolute Gasteiger partial charge is 0.272 e. The van der Waals surface area contributed by atoms with Gasteiger partial charge < -0.3 is 9.80 Å². The number of carbonyl (C=O) groups is 1. The van der Waals surface area contributed by atoms with Crippen molar-refractivity contribution in [3.05, 3.63) is 33.7 Å². The molecule has 1 aliphatic heterocycles. The van der Waals surface area contributed by atoms with Gasteiger partial charge >= 0.3 is 0 Å². The van der Waals surface area contributed by atoms with Crippen LogP contribution in [0, 0.1) is 6.92 Å². The van der Waals surface area contributed by atoms with Crippen molar-refractivity contribution in [2.24, 2.45) is 0 Å². The van der Waals surface area contributed by atoms with E-state index in [1.165, 1.54) is 0 Å². The van der Waals surface area contributed by atoms with Crippen LogP contribution in [0.15, 0.2) is 16.7 Å². The van der Waals surface area contributed by atoms with Crippen LogP contribution in [-0.4, -0.2) is 58.3 Å². The molecule has 1 aliphatic rings. The Morgan fingerprint density at radius 3 is 2.64 bits per heavy atom. The second kappa shape index (κ2) is 6.01. The fourth-order valence-corrected chi connectivity index (χ4v) is 3.50. The van der Waals surface area contributed by atoms with Gasteiger partial charge in [0.15, 0.2) is 0 Å². The van der Waals surface area contributed by atoms with Gasteiger partial charge in [-0.2, -0.15) is 0 Å². The molecule has 1 fully saturated rings. The quantitative estimate of drug-likeness (QED) is 0.821. The van der Waals surface area contributed by atoms with Gasteiger partial charge in [-0.3, -0.25) is 9.20 Å². The summed E-state index contributed by atoms with van der Waals surface area (Å²) in [4.78, 5) is 21.9. The Morgan fingerprint density at radius 1 is 1.32 bits per heavy atom. The van der Waals surface area contributed by atoms with Crippen molar-refractivity contribution in [3.8, 4) is 0 Å². The summed E-state index contributed by atoms with van der Waals surface area (Å²) < 4.78 is 2.91. The molecule has 22 heavy (non-hydrogen) atoms. The van der Waals surface area contributed by atoms with Crippen LogP contribution in [0.4, 0.5) is 0 Å². The Morgan fingerprint density at radius 2 is 2.00 bits per heavy atom. The first-order valence-electron chi connectivity index (χ1n) is 7.66. The van der Waals surface area contributed by atoms with Gasteiger partial charge in [-0.05, 0) is 48.0 Å². The van der Waals surface area contributed by atoms with E-state index < -0.39 is 0 Å². The molecule has 0 bridgehead atoms. The van der Waals surface area contributed by atoms with Gasteiger partial charge in [0.25, 0.3) is 5.91 Å². The van der Waals surface area contributed by atoms with Crippen molar-refractivity contribution >= 4 is 27.5 Å². The number of amides is 1. The van der Waals surface area contributed by atoms with Gasteiger partial charge in [0.1, 0.15) is 11.3 Å². The lowest BCUT2D eigenvalue weighted by Crippen LogP contribution is -2.47. The maximum Gasteiger partial charge on any atom is 0.272 e. The van der Waals surface area contributed by atoms with E-state index in [2.05, 4.69) is 32.9 Å². The van der Waals surface area contributed by atoms with Crippen molar-refractivity contribution in [1.29, 1.82) is 0 Å². The molecule has 0 aliphatic carbocycles. The maximum atomic E-state index is 13.0. The van der Waals surface area contributed by atoms with Crippen molar-refractivity contribution < 1.29 is 4.79 Å². The minimum atomic E-state index is 0.0925. The number of hydrogen-bond donors (Lipinski definition) is 0. The van der Waals surface area contributed by atoms with Crippen LogP contribution in [0.1, 0.15) is 28.7 Å². The molecule has 1 saturated heterocycles. The molecular weight excluding hydrogens is 344 g/mol. The molecule has 0 aromatic carbocycles. The molecule has 1 amide bonds. The molecule has 2 aromatic heterocycles. The van der Waals surface area contributed by atoms with E-state index in [1.54, 1.807) is 0 Å². The number of imidazole rings is 1. The Balaban J connectivity index is 2.07. The van der Waals surface area contributed by atoms with Crippen LogP contribution >= 0.6 is 15.9 Å². The van der Waals surface area contributed by atoms with Gasteiger partial charge in [0, 0.05) is 36.8 Å². The monoisotopic (exact) mass is 364 g/mol. The standard InChI is InChI=1S/C16H21BrN4O/c1-4-13-14(16(22)20-7-5-19(3)6-8-20)21-10-12(17)9-11(2)15(21)18-13/h9-10H,4-8H2,1-3H3. The molecule has 0 spiro atoms. The van der Waals surface area contributed by atoms with E-state index in [0.717, 1.165) is 54.0 Å². The molecular formula is C16H21BrN4O. The van der Waals surface area contributed by atoms with Gasteiger partial charge in [-0.1, -0.05) is 6.92 Å². The third-order valence-electron chi connectivity index (χ3n) is 4.27. The lowest BCUT2D eigenvalue weighted by molar-refractivity contribution is 0.0656. The zero-order chi connectivity index (χ0) is 15.9. The molecule has 0 saturated carbocycles. The molecule has 0 N–H and O–H groups in total. The fraction of sp³-hybridized carbons (Fsp3) is 0.500. The lowest BCUT2D eigenvalue weighted by atomic mass is 10.2. The van der Waals surface area contributed by atoms with Crippen LogP contribution in [0.25, 0.3) is 5.65 Å². The Kier molecular flexibility index (Phi) is 4.23. The third-order valence-corrected chi connectivity index (χ3v) is 4.70. The van der Waals surface area contributed by atoms with E-state index >= 15 is 0 Å². The fourth-order valence-electron chi connectivity index (χ4n) is 2.95. The van der Waals surface area contributed by atoms with Gasteiger partial charge in [0.2, 0.25) is 0 Å². The number of nitrogens with zero attached hydrogens (tertiary/aromatic N) is 4. The number of likely N-dealkylation sites (N-methyl/N-ethyl adjacent to an activating group) is 1. The van der Waals surface area contributed by atoms with Crippen LogP contribution in [0.2, 0.25) is 0 Å². The van der Waals surface area contributed by atoms with Crippen molar-refractivity contribution in [1.82, 2.24) is 19.2 Å². The number of aromatic nitrogens is 2. The number of halogens is 1. The summed E-state index contributed by atoms with van der Waals surface area (Å²) in [6.45, 7) is 7.47. The van der Waals surface area contributed by atoms with Gasteiger partial charge in [0.05, 0.1) is 5.69 Å². The van der Waals surface area contributed by atoms with Gasteiger partial charge in [-0.15, -0.1) is 0 Å². The number of pyridine rings is 1. The molecule has 5 nitrogen and oxygen atoms in total. The predicted molar refractivity (Wildman–Crippen MR) is 90.4 cm³/mol. The van der Waals surface area contributed by atoms with Gasteiger partial charge in [-0.25, -0.2) is 4.98 Å². The Bertz CT molecular complexity index is 716. The highest BCUT2D eigenvalue weighted by molar-refractivity contribution is 9.10. The molecule has 6 heteroatoms. The normalized spacial score (nSPS) is 16.5. The zero-order valence-corrected chi connectivity index (χ0v) is 14.9. The summed E-state index contributed by atoms with van der Waals surface area (Å²) in [5, 5.41) is 0. The number of rotatable bonds is 2. The van der Waals surface area contributed by atoms with Crippen LogP contribution in [0.3, 0.4) is 0 Å². The first-order valence-corrected chi connectivity index (χ1v) is 8.45. The molecule has 3 heterocycles. The lowest BCUT2D eigenvalue weighted by Gasteiger charge is -2.32. The average molecular weight is 365 g/mol. The SMILES string of the molecule is CCc1nc2c(C)cc(Br)cn2c1C(=O)N1CCN(C)CC1. The van der Waals surface area contributed by atoms with E-state index in [1.807, 2.05) is 35.4 Å². The number of fused-ring (bicyclic) bond motifs is 1. The highest BCUT2D eigenvalue weighted by Crippen LogP contribution is 2.22. The number of piperazine rings is 1. The molecule has 0 atom stereocenters. The van der Waals surface area contributed by atoms with Crippen LogP contribution < -0.4 is 0 Å². The summed E-state index contributed by atoms with van der Waals surface area (Å²) in [7, 11) is 2.09. The zero-order valence-electron chi connectivity index (χ0n) is 13.3. The van der Waals surface area contributed by atoms with Crippen molar-refractivity contribution in [3.63, 3.8) is 0 Å². The molecule has 2 aromatic rings. The first-order chi connectivity index (χ1) is 10.5.